The van der Waals surface area contributed by atoms with Crippen molar-refractivity contribution in [2.24, 2.45) is 5.73 Å². The van der Waals surface area contributed by atoms with Crippen LogP contribution in [0.5, 0.6) is 0 Å². The van der Waals surface area contributed by atoms with Gasteiger partial charge in [-0.05, 0) is 17.2 Å². The van der Waals surface area contributed by atoms with Crippen LogP contribution in [0.25, 0.3) is 0 Å². The van der Waals surface area contributed by atoms with Gasteiger partial charge in [0.1, 0.15) is 6.04 Å². The van der Waals surface area contributed by atoms with Gasteiger partial charge >= 0.3 is 0 Å². The maximum atomic E-state index is 11.5. The molecule has 0 aromatic heterocycles. The van der Waals surface area contributed by atoms with Gasteiger partial charge in [0.25, 0.3) is 0 Å². The Morgan fingerprint density at radius 1 is 1.11 bits per heavy atom. The molecule has 0 aliphatic rings. The number of nitrogens with two attached hydrogens (primary N) is 1. The Balaban J connectivity index is 2.11. The zero-order valence-corrected chi connectivity index (χ0v) is 11.1. The molecule has 3 nitrogen and oxygen atoms in total. The van der Waals surface area contributed by atoms with Gasteiger partial charge in [-0.3, -0.25) is 10.1 Å². The predicted octanol–water partition coefficient (Wildman–Crippen LogP) is 2.66. The van der Waals surface area contributed by atoms with Crippen LogP contribution in [-0.2, 0) is 11.3 Å². The molecule has 1 atom stereocenters. The lowest BCUT2D eigenvalue weighted by Crippen LogP contribution is -2.33. The van der Waals surface area contributed by atoms with Crippen molar-refractivity contribution in [1.29, 1.82) is 0 Å². The van der Waals surface area contributed by atoms with Crippen molar-refractivity contribution in [2.45, 2.75) is 12.6 Å². The molecule has 0 bridgehead atoms. The topological polar surface area (TPSA) is 55.1 Å². The van der Waals surface area contributed by atoms with E-state index in [0.717, 1.165) is 11.1 Å². The van der Waals surface area contributed by atoms with Gasteiger partial charge in [0.15, 0.2) is 0 Å². The molecular formula is C15H15ClN2O. The molecule has 2 rings (SSSR count). The second kappa shape index (κ2) is 6.36. The molecule has 0 radical (unpaired) electrons. The lowest BCUT2D eigenvalue weighted by atomic mass is 10.1. The van der Waals surface area contributed by atoms with Gasteiger partial charge in [0.05, 0.1) is 0 Å². The van der Waals surface area contributed by atoms with Gasteiger partial charge in [0.2, 0.25) is 5.91 Å². The highest BCUT2D eigenvalue weighted by molar-refractivity contribution is 6.31. The summed E-state index contributed by atoms with van der Waals surface area (Å²) in [6.07, 6.45) is 0. The summed E-state index contributed by atoms with van der Waals surface area (Å²) in [6, 6.07) is 16.4. The normalized spacial score (nSPS) is 12.1. The van der Waals surface area contributed by atoms with Crippen LogP contribution in [-0.4, -0.2) is 5.91 Å². The molecule has 19 heavy (non-hydrogen) atoms. The molecule has 0 saturated heterocycles. The van der Waals surface area contributed by atoms with Gasteiger partial charge in [-0.2, -0.15) is 0 Å². The average molecular weight is 275 g/mol. The van der Waals surface area contributed by atoms with E-state index < -0.39 is 11.9 Å². The number of hydrogen-bond acceptors (Lipinski definition) is 2. The van der Waals surface area contributed by atoms with Gasteiger partial charge in [0, 0.05) is 11.6 Å². The Morgan fingerprint density at radius 3 is 2.37 bits per heavy atom. The number of carbonyl (C=O) groups is 1. The van der Waals surface area contributed by atoms with E-state index in [-0.39, 0.29) is 0 Å². The fourth-order valence-corrected chi connectivity index (χ4v) is 2.08. The summed E-state index contributed by atoms with van der Waals surface area (Å²) in [6.45, 7) is 0.488. The fourth-order valence-electron chi connectivity index (χ4n) is 1.88. The molecule has 0 spiro atoms. The van der Waals surface area contributed by atoms with Crippen molar-refractivity contribution in [1.82, 2.24) is 5.32 Å². The number of benzene rings is 2. The van der Waals surface area contributed by atoms with Crippen LogP contribution in [0.15, 0.2) is 54.6 Å². The highest BCUT2D eigenvalue weighted by atomic mass is 35.5. The molecule has 98 valence electrons. The molecule has 0 saturated carbocycles. The molecule has 0 heterocycles. The minimum atomic E-state index is -0.516. The SMILES string of the molecule is NC(=O)[C@H](NCc1ccccc1Cl)c1ccccc1. The van der Waals surface area contributed by atoms with Crippen LogP contribution >= 0.6 is 11.6 Å². The molecule has 2 aromatic rings. The summed E-state index contributed by atoms with van der Waals surface area (Å²) < 4.78 is 0. The minimum Gasteiger partial charge on any atom is -0.368 e. The third kappa shape index (κ3) is 3.56. The monoisotopic (exact) mass is 274 g/mol. The van der Waals surface area contributed by atoms with Crippen LogP contribution in [0.3, 0.4) is 0 Å². The van der Waals surface area contributed by atoms with Crippen LogP contribution in [0, 0.1) is 0 Å². The number of hydrogen-bond donors (Lipinski definition) is 2. The van der Waals surface area contributed by atoms with Crippen molar-refractivity contribution in [3.63, 3.8) is 0 Å². The Kier molecular flexibility index (Phi) is 4.55. The summed E-state index contributed by atoms with van der Waals surface area (Å²) in [5, 5.41) is 3.81. The van der Waals surface area contributed by atoms with E-state index in [1.165, 1.54) is 0 Å². The number of primary amides is 1. The molecular weight excluding hydrogens is 260 g/mol. The Labute approximate surface area is 117 Å². The Hall–Kier alpha value is -1.84. The molecule has 1 amide bonds. The van der Waals surface area contributed by atoms with Gasteiger partial charge in [-0.25, -0.2) is 0 Å². The summed E-state index contributed by atoms with van der Waals surface area (Å²) in [5.41, 5.74) is 7.22. The zero-order chi connectivity index (χ0) is 13.7. The Morgan fingerprint density at radius 2 is 1.74 bits per heavy atom. The summed E-state index contributed by atoms with van der Waals surface area (Å²) in [4.78, 5) is 11.5. The van der Waals surface area contributed by atoms with E-state index in [1.807, 2.05) is 54.6 Å². The number of rotatable bonds is 5. The van der Waals surface area contributed by atoms with E-state index in [4.69, 9.17) is 17.3 Å². The number of halogens is 1. The maximum Gasteiger partial charge on any atom is 0.239 e. The third-order valence-corrected chi connectivity index (χ3v) is 3.24. The lowest BCUT2D eigenvalue weighted by molar-refractivity contribution is -0.120. The second-order valence-electron chi connectivity index (χ2n) is 4.22. The number of nitrogens with one attached hydrogen (secondary N) is 1. The van der Waals surface area contributed by atoms with E-state index >= 15 is 0 Å². The highest BCUT2D eigenvalue weighted by Gasteiger charge is 2.16. The van der Waals surface area contributed by atoms with Crippen molar-refractivity contribution < 1.29 is 4.79 Å². The van der Waals surface area contributed by atoms with Crippen molar-refractivity contribution in [3.05, 3.63) is 70.7 Å². The average Bonchev–Trinajstić information content (AvgIpc) is 2.42. The fraction of sp³-hybridized carbons (Fsp3) is 0.133. The van der Waals surface area contributed by atoms with Crippen molar-refractivity contribution in [2.75, 3.05) is 0 Å². The smallest absolute Gasteiger partial charge is 0.239 e. The summed E-state index contributed by atoms with van der Waals surface area (Å²) >= 11 is 6.08. The first kappa shape index (κ1) is 13.6. The van der Waals surface area contributed by atoms with Gasteiger partial charge < -0.3 is 5.73 Å². The molecule has 4 heteroatoms. The number of carbonyl (C=O) groups excluding carboxylic acids is 1. The van der Waals surface area contributed by atoms with Crippen molar-refractivity contribution >= 4 is 17.5 Å². The largest absolute Gasteiger partial charge is 0.368 e. The first-order valence-corrected chi connectivity index (χ1v) is 6.37. The third-order valence-electron chi connectivity index (χ3n) is 2.87. The van der Waals surface area contributed by atoms with Crippen LogP contribution in [0.4, 0.5) is 0 Å². The van der Waals surface area contributed by atoms with E-state index in [9.17, 15) is 4.79 Å². The molecule has 0 unspecified atom stereocenters. The van der Waals surface area contributed by atoms with Crippen LogP contribution < -0.4 is 11.1 Å². The van der Waals surface area contributed by atoms with E-state index in [0.29, 0.717) is 11.6 Å². The quantitative estimate of drug-likeness (QED) is 0.881. The first-order chi connectivity index (χ1) is 9.18. The maximum absolute atomic E-state index is 11.5. The molecule has 2 aromatic carbocycles. The van der Waals surface area contributed by atoms with Crippen LogP contribution in [0.1, 0.15) is 17.2 Å². The summed E-state index contributed by atoms with van der Waals surface area (Å²) in [5.74, 6) is -0.404. The highest BCUT2D eigenvalue weighted by Crippen LogP contribution is 2.17. The molecule has 0 aliphatic carbocycles. The second-order valence-corrected chi connectivity index (χ2v) is 4.63. The standard InChI is InChI=1S/C15H15ClN2O/c16-13-9-5-4-8-12(13)10-18-14(15(17)19)11-6-2-1-3-7-11/h1-9,14,18H,10H2,(H2,17,19)/t14-/m1/s1. The molecule has 3 N–H and O–H groups in total. The van der Waals surface area contributed by atoms with Gasteiger partial charge in [-0.15, -0.1) is 0 Å². The molecule has 0 fully saturated rings. The van der Waals surface area contributed by atoms with Crippen molar-refractivity contribution in [3.8, 4) is 0 Å². The van der Waals surface area contributed by atoms with E-state index in [1.54, 1.807) is 0 Å². The number of amides is 1. The van der Waals surface area contributed by atoms with Crippen LogP contribution in [0.2, 0.25) is 5.02 Å². The predicted molar refractivity (Wildman–Crippen MR) is 76.7 cm³/mol. The Bertz CT molecular complexity index is 557. The summed E-state index contributed by atoms with van der Waals surface area (Å²) in [7, 11) is 0. The first-order valence-electron chi connectivity index (χ1n) is 5.99. The lowest BCUT2D eigenvalue weighted by Gasteiger charge is -2.16. The minimum absolute atomic E-state index is 0.404. The zero-order valence-electron chi connectivity index (χ0n) is 10.3. The van der Waals surface area contributed by atoms with Gasteiger partial charge in [-0.1, -0.05) is 60.1 Å². The molecule has 0 aliphatic heterocycles. The van der Waals surface area contributed by atoms with E-state index in [2.05, 4.69) is 5.32 Å².